The van der Waals surface area contributed by atoms with Crippen LogP contribution in [-0.2, 0) is 16.1 Å². The van der Waals surface area contributed by atoms with E-state index in [0.29, 0.717) is 12.5 Å². The first-order chi connectivity index (χ1) is 8.09. The Morgan fingerprint density at radius 1 is 1.12 bits per heavy atom. The van der Waals surface area contributed by atoms with Gasteiger partial charge in [0.25, 0.3) is 0 Å². The van der Waals surface area contributed by atoms with Crippen LogP contribution in [-0.4, -0.2) is 5.97 Å². The summed E-state index contributed by atoms with van der Waals surface area (Å²) in [5, 5.41) is 0. The second kappa shape index (κ2) is 7.10. The Balaban J connectivity index is 2.29. The van der Waals surface area contributed by atoms with Crippen LogP contribution in [0, 0.1) is 11.8 Å². The molecule has 0 spiro atoms. The fourth-order valence-electron chi connectivity index (χ4n) is 1.57. The molecule has 94 valence electrons. The summed E-state index contributed by atoms with van der Waals surface area (Å²) in [5.74, 6) is 0.551. The maximum Gasteiger partial charge on any atom is 0.308 e. The lowest BCUT2D eigenvalue weighted by atomic mass is 10.00. The van der Waals surface area contributed by atoms with E-state index in [1.54, 1.807) is 0 Å². The standard InChI is InChI=1S/C15H22O2/c1-12(2)9-10-13(3)15(16)17-11-14-7-5-4-6-8-14/h4-8,12-13H,9-11H2,1-3H3. The number of rotatable bonds is 6. The molecule has 1 atom stereocenters. The van der Waals surface area contributed by atoms with E-state index in [-0.39, 0.29) is 11.9 Å². The summed E-state index contributed by atoms with van der Waals surface area (Å²) in [6.07, 6.45) is 1.98. The predicted octanol–water partition coefficient (Wildman–Crippen LogP) is 3.80. The van der Waals surface area contributed by atoms with Gasteiger partial charge in [-0.15, -0.1) is 0 Å². The number of benzene rings is 1. The predicted molar refractivity (Wildman–Crippen MR) is 69.5 cm³/mol. The molecule has 0 aliphatic carbocycles. The molecule has 0 saturated carbocycles. The molecule has 0 saturated heterocycles. The fourth-order valence-corrected chi connectivity index (χ4v) is 1.57. The van der Waals surface area contributed by atoms with Crippen LogP contribution < -0.4 is 0 Å². The maximum atomic E-state index is 11.7. The Bertz CT molecular complexity index is 330. The van der Waals surface area contributed by atoms with Crippen molar-refractivity contribution in [2.75, 3.05) is 0 Å². The largest absolute Gasteiger partial charge is 0.461 e. The van der Waals surface area contributed by atoms with Gasteiger partial charge in [-0.05, 0) is 17.9 Å². The van der Waals surface area contributed by atoms with E-state index in [1.165, 1.54) is 0 Å². The molecule has 0 aliphatic heterocycles. The lowest BCUT2D eigenvalue weighted by Crippen LogP contribution is -2.15. The van der Waals surface area contributed by atoms with Crippen molar-refractivity contribution in [1.82, 2.24) is 0 Å². The zero-order valence-corrected chi connectivity index (χ0v) is 11.0. The highest BCUT2D eigenvalue weighted by molar-refractivity contribution is 5.71. The van der Waals surface area contributed by atoms with Crippen LogP contribution in [0.25, 0.3) is 0 Å². The monoisotopic (exact) mass is 234 g/mol. The van der Waals surface area contributed by atoms with Crippen LogP contribution in [0.3, 0.4) is 0 Å². The van der Waals surface area contributed by atoms with Crippen LogP contribution >= 0.6 is 0 Å². The molecule has 1 rings (SSSR count). The summed E-state index contributed by atoms with van der Waals surface area (Å²) < 4.78 is 5.28. The minimum absolute atomic E-state index is 0.00103. The molecule has 2 nitrogen and oxygen atoms in total. The van der Waals surface area contributed by atoms with Gasteiger partial charge in [-0.1, -0.05) is 57.5 Å². The minimum Gasteiger partial charge on any atom is -0.461 e. The summed E-state index contributed by atoms with van der Waals surface area (Å²) in [5.41, 5.74) is 1.04. The summed E-state index contributed by atoms with van der Waals surface area (Å²) in [6.45, 7) is 6.66. The quantitative estimate of drug-likeness (QED) is 0.700. The van der Waals surface area contributed by atoms with E-state index < -0.39 is 0 Å². The zero-order chi connectivity index (χ0) is 12.7. The van der Waals surface area contributed by atoms with Crippen LogP contribution in [0.2, 0.25) is 0 Å². The van der Waals surface area contributed by atoms with E-state index in [4.69, 9.17) is 4.74 Å². The molecule has 0 N–H and O–H groups in total. The Morgan fingerprint density at radius 2 is 1.76 bits per heavy atom. The summed E-state index contributed by atoms with van der Waals surface area (Å²) >= 11 is 0. The van der Waals surface area contributed by atoms with Gasteiger partial charge in [-0.3, -0.25) is 4.79 Å². The second-order valence-corrected chi connectivity index (χ2v) is 4.97. The van der Waals surface area contributed by atoms with Crippen LogP contribution in [0.15, 0.2) is 30.3 Å². The smallest absolute Gasteiger partial charge is 0.308 e. The van der Waals surface area contributed by atoms with Crippen molar-refractivity contribution in [2.45, 2.75) is 40.2 Å². The van der Waals surface area contributed by atoms with Gasteiger partial charge in [0.15, 0.2) is 0 Å². The van der Waals surface area contributed by atoms with Crippen molar-refractivity contribution in [1.29, 1.82) is 0 Å². The number of hydrogen-bond acceptors (Lipinski definition) is 2. The Morgan fingerprint density at radius 3 is 2.35 bits per heavy atom. The van der Waals surface area contributed by atoms with Crippen LogP contribution in [0.5, 0.6) is 0 Å². The van der Waals surface area contributed by atoms with Crippen LogP contribution in [0.1, 0.15) is 39.2 Å². The highest BCUT2D eigenvalue weighted by Gasteiger charge is 2.14. The molecule has 0 aliphatic rings. The molecule has 0 amide bonds. The van der Waals surface area contributed by atoms with E-state index in [0.717, 1.165) is 18.4 Å². The van der Waals surface area contributed by atoms with Gasteiger partial charge in [-0.2, -0.15) is 0 Å². The molecule has 0 heterocycles. The molecule has 0 aromatic heterocycles. The SMILES string of the molecule is CC(C)CCC(C)C(=O)OCc1ccccc1. The number of hydrogen-bond donors (Lipinski definition) is 0. The Labute approximate surface area is 104 Å². The topological polar surface area (TPSA) is 26.3 Å². The average molecular weight is 234 g/mol. The van der Waals surface area contributed by atoms with Gasteiger partial charge in [0.1, 0.15) is 6.61 Å². The molecular formula is C15H22O2. The second-order valence-electron chi connectivity index (χ2n) is 4.97. The van der Waals surface area contributed by atoms with Crippen molar-refractivity contribution >= 4 is 5.97 Å². The van der Waals surface area contributed by atoms with E-state index >= 15 is 0 Å². The zero-order valence-electron chi connectivity index (χ0n) is 11.0. The highest BCUT2D eigenvalue weighted by Crippen LogP contribution is 2.14. The number of carbonyl (C=O) groups excluding carboxylic acids is 1. The van der Waals surface area contributed by atoms with Gasteiger partial charge in [0.05, 0.1) is 5.92 Å². The average Bonchev–Trinajstić information content (AvgIpc) is 2.34. The van der Waals surface area contributed by atoms with Crippen molar-refractivity contribution in [3.8, 4) is 0 Å². The molecule has 1 aromatic carbocycles. The van der Waals surface area contributed by atoms with Gasteiger partial charge in [0.2, 0.25) is 0 Å². The van der Waals surface area contributed by atoms with E-state index in [1.807, 2.05) is 37.3 Å². The summed E-state index contributed by atoms with van der Waals surface area (Å²) in [4.78, 5) is 11.7. The van der Waals surface area contributed by atoms with Gasteiger partial charge in [-0.25, -0.2) is 0 Å². The molecule has 0 fully saturated rings. The number of ether oxygens (including phenoxy) is 1. The lowest BCUT2D eigenvalue weighted by molar-refractivity contribution is -0.149. The van der Waals surface area contributed by atoms with Crippen molar-refractivity contribution in [3.63, 3.8) is 0 Å². The van der Waals surface area contributed by atoms with Crippen molar-refractivity contribution < 1.29 is 9.53 Å². The number of esters is 1. The molecular weight excluding hydrogens is 212 g/mol. The highest BCUT2D eigenvalue weighted by atomic mass is 16.5. The summed E-state index contributed by atoms with van der Waals surface area (Å²) in [7, 11) is 0. The molecule has 17 heavy (non-hydrogen) atoms. The van der Waals surface area contributed by atoms with E-state index in [9.17, 15) is 4.79 Å². The Hall–Kier alpha value is -1.31. The van der Waals surface area contributed by atoms with Crippen LogP contribution in [0.4, 0.5) is 0 Å². The molecule has 1 aromatic rings. The minimum atomic E-state index is -0.0884. The third-order valence-corrected chi connectivity index (χ3v) is 2.80. The summed E-state index contributed by atoms with van der Waals surface area (Å²) in [6, 6.07) is 9.78. The first-order valence-electron chi connectivity index (χ1n) is 6.30. The van der Waals surface area contributed by atoms with Gasteiger partial charge < -0.3 is 4.74 Å². The Kier molecular flexibility index (Phi) is 5.75. The molecule has 0 radical (unpaired) electrons. The van der Waals surface area contributed by atoms with Crippen molar-refractivity contribution in [2.24, 2.45) is 11.8 Å². The molecule has 2 heteroatoms. The third kappa shape index (κ3) is 5.53. The normalized spacial score (nSPS) is 12.5. The van der Waals surface area contributed by atoms with E-state index in [2.05, 4.69) is 13.8 Å². The van der Waals surface area contributed by atoms with Gasteiger partial charge >= 0.3 is 5.97 Å². The first kappa shape index (κ1) is 13.8. The number of carbonyl (C=O) groups is 1. The maximum absolute atomic E-state index is 11.7. The molecule has 0 bridgehead atoms. The molecule has 1 unspecified atom stereocenters. The lowest BCUT2D eigenvalue weighted by Gasteiger charge is -2.12. The van der Waals surface area contributed by atoms with Gasteiger partial charge in [0, 0.05) is 0 Å². The third-order valence-electron chi connectivity index (χ3n) is 2.80. The van der Waals surface area contributed by atoms with Crippen molar-refractivity contribution in [3.05, 3.63) is 35.9 Å². The fraction of sp³-hybridized carbons (Fsp3) is 0.533. The first-order valence-corrected chi connectivity index (χ1v) is 6.30.